The van der Waals surface area contributed by atoms with E-state index in [2.05, 4.69) is 4.98 Å². The highest BCUT2D eigenvalue weighted by Crippen LogP contribution is 2.31. The number of hydrogen-bond donors (Lipinski definition) is 0. The van der Waals surface area contributed by atoms with Crippen LogP contribution in [0.2, 0.25) is 5.15 Å². The molecule has 0 aliphatic carbocycles. The number of thiazole rings is 1. The predicted molar refractivity (Wildman–Crippen MR) is 60.8 cm³/mol. The summed E-state index contributed by atoms with van der Waals surface area (Å²) in [4.78, 5) is 15.1. The fourth-order valence-electron chi connectivity index (χ4n) is 0.956. The van der Waals surface area contributed by atoms with Gasteiger partial charge in [0.2, 0.25) is 0 Å². The zero-order valence-electron chi connectivity index (χ0n) is 7.47. The van der Waals surface area contributed by atoms with Crippen LogP contribution < -0.4 is 0 Å². The van der Waals surface area contributed by atoms with E-state index >= 15 is 0 Å². The van der Waals surface area contributed by atoms with Crippen molar-refractivity contribution in [3.05, 3.63) is 34.2 Å². The van der Waals surface area contributed by atoms with Crippen molar-refractivity contribution >= 4 is 41.0 Å². The van der Waals surface area contributed by atoms with Gasteiger partial charge in [-0.3, -0.25) is 4.79 Å². The summed E-state index contributed by atoms with van der Waals surface area (Å²) < 4.78 is 5.95. The van der Waals surface area contributed by atoms with Gasteiger partial charge in [0.05, 0.1) is 12.0 Å². The Balaban J connectivity index is 2.02. The highest BCUT2D eigenvalue weighted by atomic mass is 35.5. The molecule has 0 radical (unpaired) electrons. The van der Waals surface area contributed by atoms with Crippen molar-refractivity contribution in [3.63, 3.8) is 0 Å². The van der Waals surface area contributed by atoms with Crippen LogP contribution in [-0.2, 0) is 5.75 Å². The number of aromatic nitrogens is 1. The molecule has 2 aromatic rings. The molecule has 0 saturated heterocycles. The van der Waals surface area contributed by atoms with E-state index in [-0.39, 0.29) is 5.15 Å². The lowest BCUT2D eigenvalue weighted by molar-refractivity contribution is 0.112. The number of halogens is 1. The van der Waals surface area contributed by atoms with Crippen molar-refractivity contribution in [2.45, 2.75) is 10.1 Å². The molecule has 0 aliphatic rings. The molecule has 0 N–H and O–H groups in total. The van der Waals surface area contributed by atoms with Crippen LogP contribution in [0.5, 0.6) is 0 Å². The number of furan rings is 1. The van der Waals surface area contributed by atoms with E-state index in [1.807, 2.05) is 12.1 Å². The zero-order chi connectivity index (χ0) is 10.7. The second-order valence-corrected chi connectivity index (χ2v) is 5.23. The van der Waals surface area contributed by atoms with Crippen molar-refractivity contribution in [1.29, 1.82) is 0 Å². The van der Waals surface area contributed by atoms with Crippen molar-refractivity contribution in [2.75, 3.05) is 0 Å². The van der Waals surface area contributed by atoms with Gasteiger partial charge in [0.1, 0.15) is 10.6 Å². The van der Waals surface area contributed by atoms with Crippen molar-refractivity contribution in [3.8, 4) is 0 Å². The summed E-state index contributed by atoms with van der Waals surface area (Å²) in [6.07, 6.45) is 2.35. The zero-order valence-corrected chi connectivity index (χ0v) is 9.86. The van der Waals surface area contributed by atoms with Gasteiger partial charge >= 0.3 is 0 Å². The Morgan fingerprint density at radius 3 is 3.13 bits per heavy atom. The van der Waals surface area contributed by atoms with Gasteiger partial charge < -0.3 is 4.42 Å². The lowest BCUT2D eigenvalue weighted by Crippen LogP contribution is -1.74. The van der Waals surface area contributed by atoms with E-state index in [9.17, 15) is 4.79 Å². The number of carbonyl (C=O) groups excluding carboxylic acids is 1. The minimum atomic E-state index is 0.275. The number of aldehydes is 1. The Kier molecular flexibility index (Phi) is 3.45. The van der Waals surface area contributed by atoms with Crippen LogP contribution in [0.4, 0.5) is 0 Å². The molecule has 0 aliphatic heterocycles. The minimum Gasteiger partial charge on any atom is -0.468 e. The summed E-state index contributed by atoms with van der Waals surface area (Å²) in [5.74, 6) is 1.56. The van der Waals surface area contributed by atoms with Crippen LogP contribution in [-0.4, -0.2) is 11.3 Å². The third kappa shape index (κ3) is 2.62. The van der Waals surface area contributed by atoms with Crippen LogP contribution >= 0.6 is 34.7 Å². The van der Waals surface area contributed by atoms with E-state index in [0.29, 0.717) is 10.6 Å². The van der Waals surface area contributed by atoms with E-state index in [0.717, 1.165) is 16.4 Å². The summed E-state index contributed by atoms with van der Waals surface area (Å²) in [5, 5.41) is 0.275. The van der Waals surface area contributed by atoms with E-state index in [1.165, 1.54) is 23.1 Å². The first-order chi connectivity index (χ1) is 7.29. The smallest absolute Gasteiger partial charge is 0.163 e. The summed E-state index contributed by atoms with van der Waals surface area (Å²) in [6.45, 7) is 0. The van der Waals surface area contributed by atoms with Crippen molar-refractivity contribution < 1.29 is 9.21 Å². The SMILES string of the molecule is O=Cc1sc(SCc2ccco2)nc1Cl. The van der Waals surface area contributed by atoms with Gasteiger partial charge in [0.25, 0.3) is 0 Å². The highest BCUT2D eigenvalue weighted by molar-refractivity contribution is 8.00. The van der Waals surface area contributed by atoms with Gasteiger partial charge in [-0.15, -0.1) is 11.3 Å². The standard InChI is InChI=1S/C9H6ClNO2S2/c10-8-7(4-12)15-9(11-8)14-5-6-2-1-3-13-6/h1-4H,5H2. The van der Waals surface area contributed by atoms with Gasteiger partial charge in [-0.1, -0.05) is 23.4 Å². The fourth-order valence-corrected chi connectivity index (χ4v) is 3.07. The van der Waals surface area contributed by atoms with E-state index in [4.69, 9.17) is 16.0 Å². The number of rotatable bonds is 4. The van der Waals surface area contributed by atoms with Crippen LogP contribution in [0.15, 0.2) is 27.2 Å². The maximum atomic E-state index is 10.5. The Morgan fingerprint density at radius 1 is 1.67 bits per heavy atom. The Labute approximate surface area is 99.5 Å². The molecular weight excluding hydrogens is 254 g/mol. The van der Waals surface area contributed by atoms with Crippen LogP contribution in [0.3, 0.4) is 0 Å². The van der Waals surface area contributed by atoms with Crippen molar-refractivity contribution in [1.82, 2.24) is 4.98 Å². The van der Waals surface area contributed by atoms with Gasteiger partial charge in [-0.2, -0.15) is 0 Å². The molecule has 78 valence electrons. The van der Waals surface area contributed by atoms with Gasteiger partial charge in [-0.25, -0.2) is 4.98 Å². The maximum absolute atomic E-state index is 10.5. The molecule has 0 amide bonds. The molecule has 0 bridgehead atoms. The summed E-state index contributed by atoms with van der Waals surface area (Å²) >= 11 is 8.53. The van der Waals surface area contributed by atoms with Gasteiger partial charge in [-0.05, 0) is 12.1 Å². The maximum Gasteiger partial charge on any atom is 0.163 e. The third-order valence-electron chi connectivity index (χ3n) is 1.62. The number of thioether (sulfide) groups is 1. The summed E-state index contributed by atoms with van der Waals surface area (Å²) in [5.41, 5.74) is 0. The van der Waals surface area contributed by atoms with Crippen LogP contribution in [0, 0.1) is 0 Å². The Hall–Kier alpha value is -0.780. The lowest BCUT2D eigenvalue weighted by atomic mass is 10.5. The molecule has 2 aromatic heterocycles. The van der Waals surface area contributed by atoms with Gasteiger partial charge in [0.15, 0.2) is 15.8 Å². The normalized spacial score (nSPS) is 10.5. The molecule has 2 heterocycles. The molecule has 0 unspecified atom stereocenters. The molecule has 2 rings (SSSR count). The third-order valence-corrected chi connectivity index (χ3v) is 4.16. The molecular formula is C9H6ClNO2S2. The van der Waals surface area contributed by atoms with Crippen molar-refractivity contribution in [2.24, 2.45) is 0 Å². The van der Waals surface area contributed by atoms with Crippen LogP contribution in [0.1, 0.15) is 15.4 Å². The first-order valence-electron chi connectivity index (χ1n) is 4.06. The molecule has 0 saturated carbocycles. The summed E-state index contributed by atoms with van der Waals surface area (Å²) in [7, 11) is 0. The first kappa shape index (κ1) is 10.7. The second-order valence-electron chi connectivity index (χ2n) is 2.62. The molecule has 6 heteroatoms. The Bertz CT molecular complexity index is 453. The number of nitrogens with zero attached hydrogens (tertiary/aromatic N) is 1. The summed E-state index contributed by atoms with van der Waals surface area (Å²) in [6, 6.07) is 3.73. The minimum absolute atomic E-state index is 0.275. The lowest BCUT2D eigenvalue weighted by Gasteiger charge is -1.91. The fraction of sp³-hybridized carbons (Fsp3) is 0.111. The van der Waals surface area contributed by atoms with E-state index in [1.54, 1.807) is 6.26 Å². The quantitative estimate of drug-likeness (QED) is 0.623. The number of carbonyl (C=O) groups is 1. The molecule has 15 heavy (non-hydrogen) atoms. The monoisotopic (exact) mass is 259 g/mol. The highest BCUT2D eigenvalue weighted by Gasteiger charge is 2.09. The largest absolute Gasteiger partial charge is 0.468 e. The Morgan fingerprint density at radius 2 is 2.53 bits per heavy atom. The second kappa shape index (κ2) is 4.83. The first-order valence-corrected chi connectivity index (χ1v) is 6.24. The van der Waals surface area contributed by atoms with Gasteiger partial charge in [0, 0.05) is 0 Å². The molecule has 0 aromatic carbocycles. The molecule has 0 spiro atoms. The average molecular weight is 260 g/mol. The topological polar surface area (TPSA) is 43.1 Å². The molecule has 0 atom stereocenters. The molecule has 3 nitrogen and oxygen atoms in total. The number of hydrogen-bond acceptors (Lipinski definition) is 5. The van der Waals surface area contributed by atoms with E-state index < -0.39 is 0 Å². The molecule has 0 fully saturated rings. The predicted octanol–water partition coefficient (Wildman–Crippen LogP) is 3.49. The average Bonchev–Trinajstić information content (AvgIpc) is 2.83. The van der Waals surface area contributed by atoms with Crippen LogP contribution in [0.25, 0.3) is 0 Å².